The number of nitrogens with zero attached hydrogens (tertiary/aromatic N) is 1. The minimum Gasteiger partial charge on any atom is -0.322 e. The second kappa shape index (κ2) is 7.71. The molecule has 160 valence electrons. The smallest absolute Gasteiger partial charge is 0.257 e. The molecule has 1 N–H and O–H groups in total. The zero-order valence-electron chi connectivity index (χ0n) is 16.5. The minimum atomic E-state index is -0.390. The lowest BCUT2D eigenvalue weighted by molar-refractivity contribution is -0.123. The highest BCUT2D eigenvalue weighted by Crippen LogP contribution is 2.60. The fourth-order valence-electron chi connectivity index (χ4n) is 5.37. The van der Waals surface area contributed by atoms with Crippen LogP contribution in [-0.4, -0.2) is 27.4 Å². The predicted molar refractivity (Wildman–Crippen MR) is 127 cm³/mol. The van der Waals surface area contributed by atoms with Gasteiger partial charge in [0.05, 0.1) is 23.1 Å². The minimum absolute atomic E-state index is 0.121. The van der Waals surface area contributed by atoms with Crippen LogP contribution in [0.5, 0.6) is 0 Å². The van der Waals surface area contributed by atoms with E-state index >= 15 is 0 Å². The molecule has 2 aromatic rings. The molecule has 2 saturated carbocycles. The first-order chi connectivity index (χ1) is 14.8. The van der Waals surface area contributed by atoms with Gasteiger partial charge in [0.25, 0.3) is 5.91 Å². The van der Waals surface area contributed by atoms with E-state index in [1.807, 2.05) is 13.0 Å². The van der Waals surface area contributed by atoms with Gasteiger partial charge in [-0.3, -0.25) is 14.4 Å². The van der Waals surface area contributed by atoms with Gasteiger partial charge in [0.15, 0.2) is 0 Å². The number of fused-ring (bicyclic) bond motifs is 5. The molecule has 3 fully saturated rings. The van der Waals surface area contributed by atoms with Gasteiger partial charge in [-0.15, -0.1) is 0 Å². The van der Waals surface area contributed by atoms with Crippen molar-refractivity contribution in [1.29, 1.82) is 0 Å². The van der Waals surface area contributed by atoms with E-state index in [1.54, 1.807) is 36.4 Å². The summed E-state index contributed by atoms with van der Waals surface area (Å²) >= 11 is 13.5. The summed E-state index contributed by atoms with van der Waals surface area (Å²) < 4.78 is 0. The third kappa shape index (κ3) is 3.19. The van der Waals surface area contributed by atoms with E-state index in [0.29, 0.717) is 16.4 Å². The molecule has 2 aromatic carbocycles. The number of anilines is 2. The van der Waals surface area contributed by atoms with Gasteiger partial charge in [-0.2, -0.15) is 0 Å². The Morgan fingerprint density at radius 3 is 2.29 bits per heavy atom. The van der Waals surface area contributed by atoms with Crippen LogP contribution < -0.4 is 10.2 Å². The second-order valence-corrected chi connectivity index (χ2v) is 11.0. The number of rotatable bonds is 3. The van der Waals surface area contributed by atoms with Crippen LogP contribution in [0.3, 0.4) is 0 Å². The maximum atomic E-state index is 13.4. The lowest BCUT2D eigenvalue weighted by atomic mass is 9.81. The summed E-state index contributed by atoms with van der Waals surface area (Å²) in [6, 6.07) is 12.0. The highest BCUT2D eigenvalue weighted by molar-refractivity contribution is 9.12. The number of para-hydroxylation sites is 1. The Bertz CT molecular complexity index is 1090. The summed E-state index contributed by atoms with van der Waals surface area (Å²) in [5.74, 6) is -1.22. The van der Waals surface area contributed by atoms with E-state index in [9.17, 15) is 14.4 Å². The molecule has 5 rings (SSSR count). The van der Waals surface area contributed by atoms with Crippen LogP contribution in [0.25, 0.3) is 0 Å². The number of amides is 3. The molecule has 31 heavy (non-hydrogen) atoms. The standard InChI is InChI=1S/C23H19Br2ClN2O3/c1-10-6-7-11(26)8-15(10)27-21(29)12-4-2-3-5-16(12)28-22(30)17-13-9-14(18(17)23(28)31)20(25)19(13)24/h2-8,13-14,17-20H,9H2,1H3,(H,27,29)/t13-,14-,17-,18+,19-,20+/m1/s1. The van der Waals surface area contributed by atoms with Crippen LogP contribution in [-0.2, 0) is 9.59 Å². The Labute approximate surface area is 201 Å². The number of hydrogen-bond donors (Lipinski definition) is 1. The third-order valence-electron chi connectivity index (χ3n) is 6.82. The normalized spacial score (nSPS) is 31.3. The van der Waals surface area contributed by atoms with E-state index in [4.69, 9.17) is 11.6 Å². The quantitative estimate of drug-likeness (QED) is 0.411. The van der Waals surface area contributed by atoms with Crippen molar-refractivity contribution in [2.24, 2.45) is 23.7 Å². The molecule has 1 aliphatic heterocycles. The van der Waals surface area contributed by atoms with Crippen LogP contribution >= 0.6 is 43.5 Å². The number of benzene rings is 2. The lowest BCUT2D eigenvalue weighted by Crippen LogP contribution is -2.37. The van der Waals surface area contributed by atoms with E-state index in [2.05, 4.69) is 37.2 Å². The van der Waals surface area contributed by atoms with Crippen molar-refractivity contribution in [1.82, 2.24) is 0 Å². The largest absolute Gasteiger partial charge is 0.322 e. The van der Waals surface area contributed by atoms with Gasteiger partial charge in [-0.25, -0.2) is 4.90 Å². The van der Waals surface area contributed by atoms with Crippen molar-refractivity contribution >= 4 is 72.6 Å². The van der Waals surface area contributed by atoms with Gasteiger partial charge in [-0.1, -0.05) is 61.7 Å². The predicted octanol–water partition coefficient (Wildman–Crippen LogP) is 5.18. The highest BCUT2D eigenvalue weighted by Gasteiger charge is 2.66. The zero-order chi connectivity index (χ0) is 22.0. The van der Waals surface area contributed by atoms with Gasteiger partial charge < -0.3 is 5.32 Å². The summed E-state index contributed by atoms with van der Waals surface area (Å²) in [5, 5.41) is 3.38. The average molecular weight is 567 g/mol. The maximum Gasteiger partial charge on any atom is 0.257 e. The van der Waals surface area contributed by atoms with Crippen molar-refractivity contribution in [3.63, 3.8) is 0 Å². The molecule has 1 heterocycles. The topological polar surface area (TPSA) is 66.5 Å². The van der Waals surface area contributed by atoms with E-state index in [-0.39, 0.29) is 50.7 Å². The molecule has 6 atom stereocenters. The number of alkyl halides is 2. The lowest BCUT2D eigenvalue weighted by Gasteiger charge is -2.28. The Balaban J connectivity index is 1.49. The molecule has 0 spiro atoms. The van der Waals surface area contributed by atoms with Crippen molar-refractivity contribution in [3.05, 3.63) is 58.6 Å². The van der Waals surface area contributed by atoms with Crippen molar-refractivity contribution < 1.29 is 14.4 Å². The molecule has 5 nitrogen and oxygen atoms in total. The molecule has 3 amide bonds. The van der Waals surface area contributed by atoms with E-state index in [1.165, 1.54) is 4.90 Å². The third-order valence-corrected chi connectivity index (χ3v) is 10.3. The molecule has 1 saturated heterocycles. The second-order valence-electron chi connectivity index (χ2n) is 8.45. The first kappa shape index (κ1) is 21.2. The number of halogens is 3. The van der Waals surface area contributed by atoms with Gasteiger partial charge in [-0.05, 0) is 55.0 Å². The van der Waals surface area contributed by atoms with Crippen LogP contribution in [0.15, 0.2) is 42.5 Å². The number of carbonyl (C=O) groups is 3. The zero-order valence-corrected chi connectivity index (χ0v) is 20.4. The first-order valence-corrected chi connectivity index (χ1v) is 12.3. The van der Waals surface area contributed by atoms with Gasteiger partial charge in [0.1, 0.15) is 0 Å². The van der Waals surface area contributed by atoms with Crippen LogP contribution in [0.2, 0.25) is 5.02 Å². The summed E-state index contributed by atoms with van der Waals surface area (Å²) in [6.07, 6.45) is 0.864. The fourth-order valence-corrected chi connectivity index (χ4v) is 7.41. The van der Waals surface area contributed by atoms with Crippen molar-refractivity contribution in [3.8, 4) is 0 Å². The molecular weight excluding hydrogens is 548 g/mol. The molecule has 2 bridgehead atoms. The summed E-state index contributed by atoms with van der Waals surface area (Å²) in [7, 11) is 0. The average Bonchev–Trinajstić information content (AvgIpc) is 3.35. The Morgan fingerprint density at radius 2 is 1.65 bits per heavy atom. The summed E-state index contributed by atoms with van der Waals surface area (Å²) in [6.45, 7) is 1.87. The maximum absolute atomic E-state index is 13.4. The molecule has 8 heteroatoms. The van der Waals surface area contributed by atoms with E-state index in [0.717, 1.165) is 12.0 Å². The molecule has 3 aliphatic rings. The Kier molecular flexibility index (Phi) is 5.26. The van der Waals surface area contributed by atoms with Crippen molar-refractivity contribution in [2.75, 3.05) is 10.2 Å². The van der Waals surface area contributed by atoms with Gasteiger partial charge >= 0.3 is 0 Å². The van der Waals surface area contributed by atoms with E-state index < -0.39 is 5.91 Å². The summed E-state index contributed by atoms with van der Waals surface area (Å²) in [5.41, 5.74) is 2.06. The van der Waals surface area contributed by atoms with Crippen LogP contribution in [0, 0.1) is 30.6 Å². The summed E-state index contributed by atoms with van der Waals surface area (Å²) in [4.78, 5) is 41.5. The number of hydrogen-bond acceptors (Lipinski definition) is 3. The van der Waals surface area contributed by atoms with Crippen LogP contribution in [0.1, 0.15) is 22.3 Å². The Morgan fingerprint density at radius 1 is 1.03 bits per heavy atom. The highest BCUT2D eigenvalue weighted by atomic mass is 79.9. The fraction of sp³-hybridized carbons (Fsp3) is 0.348. The van der Waals surface area contributed by atoms with Crippen molar-refractivity contribution in [2.45, 2.75) is 23.0 Å². The van der Waals surface area contributed by atoms with Gasteiger partial charge in [0, 0.05) is 20.4 Å². The number of aryl methyl sites for hydroxylation is 1. The monoisotopic (exact) mass is 564 g/mol. The number of carbonyl (C=O) groups excluding carboxylic acids is 3. The Hall–Kier alpha value is -1.70. The number of imide groups is 1. The molecule has 0 unspecified atom stereocenters. The molecular formula is C23H19Br2ClN2O3. The van der Waals surface area contributed by atoms with Gasteiger partial charge in [0.2, 0.25) is 11.8 Å². The van der Waals surface area contributed by atoms with Crippen LogP contribution in [0.4, 0.5) is 11.4 Å². The SMILES string of the molecule is Cc1ccc(Cl)cc1NC(=O)c1ccccc1N1C(=O)[C@@H]2[C@H]3C[C@@H]([C@H](Br)[C@@H]3Br)[C@@H]2C1=O. The number of nitrogens with one attached hydrogen (secondary N) is 1. The first-order valence-electron chi connectivity index (χ1n) is 10.1. The molecule has 0 radical (unpaired) electrons. The molecule has 2 aliphatic carbocycles. The molecule has 0 aromatic heterocycles.